The molecule has 0 saturated heterocycles. The summed E-state index contributed by atoms with van der Waals surface area (Å²) in [5.41, 5.74) is 8.05. The van der Waals surface area contributed by atoms with E-state index in [1.165, 1.54) is 21.5 Å². The van der Waals surface area contributed by atoms with Crippen molar-refractivity contribution in [2.75, 3.05) is 5.73 Å². The third-order valence-electron chi connectivity index (χ3n) is 5.82. The van der Waals surface area contributed by atoms with E-state index in [0.29, 0.717) is 39.4 Å². The van der Waals surface area contributed by atoms with Gasteiger partial charge in [0.1, 0.15) is 5.82 Å². The van der Waals surface area contributed by atoms with Gasteiger partial charge in [0.25, 0.3) is 0 Å². The largest absolute Gasteiger partial charge is 0.461 e. The lowest BCUT2D eigenvalue weighted by molar-refractivity contribution is -0.123. The number of amides is 1. The molecule has 6 rings (SSSR count). The predicted molar refractivity (Wildman–Crippen MR) is 129 cm³/mol. The van der Waals surface area contributed by atoms with Crippen LogP contribution >= 0.6 is 0 Å². The van der Waals surface area contributed by atoms with Crippen molar-refractivity contribution < 1.29 is 13.6 Å². The molecule has 0 aliphatic rings. The topological polar surface area (TPSA) is 129 Å². The molecule has 0 bridgehead atoms. The first-order valence-corrected chi connectivity index (χ1v) is 11.1. The van der Waals surface area contributed by atoms with Crippen LogP contribution in [0.25, 0.3) is 28.3 Å². The lowest BCUT2D eigenvalue weighted by Crippen LogP contribution is -2.33. The second kappa shape index (κ2) is 8.62. The highest BCUT2D eigenvalue weighted by Crippen LogP contribution is 2.27. The Morgan fingerprint density at radius 3 is 2.61 bits per heavy atom. The van der Waals surface area contributed by atoms with Crippen molar-refractivity contribution in [1.82, 2.24) is 34.7 Å². The number of hydrogen-bond acceptors (Lipinski definition) is 7. The highest BCUT2D eigenvalue weighted by molar-refractivity contribution is 5.92. The van der Waals surface area contributed by atoms with E-state index in [1.807, 2.05) is 30.3 Å². The average Bonchev–Trinajstić information content (AvgIpc) is 3.65. The molecular formula is C25H19FN8O2. The van der Waals surface area contributed by atoms with Gasteiger partial charge in [0.15, 0.2) is 23.1 Å². The maximum Gasteiger partial charge on any atom is 0.249 e. The Bertz CT molecular complexity index is 1690. The number of hydrogen-bond donors (Lipinski definition) is 2. The van der Waals surface area contributed by atoms with Crippen LogP contribution in [0.15, 0.2) is 83.6 Å². The quantitative estimate of drug-likeness (QED) is 0.372. The van der Waals surface area contributed by atoms with E-state index in [1.54, 1.807) is 36.5 Å². The summed E-state index contributed by atoms with van der Waals surface area (Å²) in [6, 6.07) is 18.0. The van der Waals surface area contributed by atoms with Gasteiger partial charge in [0, 0.05) is 12.1 Å². The molecule has 11 heteroatoms. The van der Waals surface area contributed by atoms with Gasteiger partial charge in [0.2, 0.25) is 17.7 Å². The standard InChI is InChI=1S/C25H19FN8O2/c26-18-10-5-4-9-16(18)13-28-24(35)20(15-7-2-1-3-8-15)33-23-17(14-29-33)22-30-21(19-11-6-12-36-19)32-34(22)25(27)31-23/h1-12,14,20H,13H2,(H2,27,31)(H,28,35). The summed E-state index contributed by atoms with van der Waals surface area (Å²) in [5, 5.41) is 12.3. The summed E-state index contributed by atoms with van der Waals surface area (Å²) >= 11 is 0. The first kappa shape index (κ1) is 21.5. The monoisotopic (exact) mass is 482 g/mol. The Morgan fingerprint density at radius 1 is 1.03 bits per heavy atom. The fraction of sp³-hybridized carbons (Fsp3) is 0.0800. The minimum absolute atomic E-state index is 0.0184. The zero-order valence-corrected chi connectivity index (χ0v) is 18.7. The molecule has 0 fully saturated rings. The first-order valence-electron chi connectivity index (χ1n) is 11.1. The lowest BCUT2D eigenvalue weighted by atomic mass is 10.1. The van der Waals surface area contributed by atoms with Crippen LogP contribution in [-0.2, 0) is 11.3 Å². The van der Waals surface area contributed by atoms with Crippen LogP contribution in [0.3, 0.4) is 0 Å². The Morgan fingerprint density at radius 2 is 1.83 bits per heavy atom. The Kier molecular flexibility index (Phi) is 5.14. The minimum Gasteiger partial charge on any atom is -0.461 e. The average molecular weight is 482 g/mol. The van der Waals surface area contributed by atoms with Crippen molar-refractivity contribution in [3.63, 3.8) is 0 Å². The molecule has 4 aromatic heterocycles. The van der Waals surface area contributed by atoms with Crippen LogP contribution < -0.4 is 11.1 Å². The number of nitrogens with one attached hydrogen (secondary N) is 1. The zero-order valence-electron chi connectivity index (χ0n) is 18.7. The summed E-state index contributed by atoms with van der Waals surface area (Å²) in [4.78, 5) is 22.5. The van der Waals surface area contributed by atoms with E-state index in [-0.39, 0.29) is 18.4 Å². The van der Waals surface area contributed by atoms with Crippen LogP contribution in [-0.4, -0.2) is 35.3 Å². The Hall–Kier alpha value is -5.06. The molecular weight excluding hydrogens is 463 g/mol. The molecule has 0 saturated carbocycles. The van der Waals surface area contributed by atoms with Crippen molar-refractivity contribution in [3.8, 4) is 11.6 Å². The summed E-state index contributed by atoms with van der Waals surface area (Å²) in [6.07, 6.45) is 3.10. The van der Waals surface area contributed by atoms with E-state index < -0.39 is 11.9 Å². The Balaban J connectivity index is 1.44. The zero-order chi connectivity index (χ0) is 24.6. The molecule has 36 heavy (non-hydrogen) atoms. The molecule has 2 aromatic carbocycles. The van der Waals surface area contributed by atoms with Gasteiger partial charge in [-0.25, -0.2) is 14.1 Å². The molecule has 6 aromatic rings. The molecule has 1 unspecified atom stereocenters. The van der Waals surface area contributed by atoms with Crippen LogP contribution in [0.1, 0.15) is 17.2 Å². The summed E-state index contributed by atoms with van der Waals surface area (Å²) in [7, 11) is 0. The van der Waals surface area contributed by atoms with Crippen LogP contribution in [0.2, 0.25) is 0 Å². The Labute approximate surface area is 203 Å². The number of anilines is 1. The van der Waals surface area contributed by atoms with Crippen LogP contribution in [0.5, 0.6) is 0 Å². The maximum atomic E-state index is 14.1. The summed E-state index contributed by atoms with van der Waals surface area (Å²) in [6.45, 7) is 0.0184. The fourth-order valence-corrected chi connectivity index (χ4v) is 4.09. The summed E-state index contributed by atoms with van der Waals surface area (Å²) in [5.74, 6) is 0.120. The van der Waals surface area contributed by atoms with E-state index >= 15 is 0 Å². The van der Waals surface area contributed by atoms with Gasteiger partial charge in [0.05, 0.1) is 17.8 Å². The maximum absolute atomic E-state index is 14.1. The number of carbonyl (C=O) groups is 1. The highest BCUT2D eigenvalue weighted by Gasteiger charge is 2.27. The molecule has 3 N–H and O–H groups in total. The molecule has 178 valence electrons. The molecule has 0 spiro atoms. The predicted octanol–water partition coefficient (Wildman–Crippen LogP) is 3.36. The van der Waals surface area contributed by atoms with Gasteiger partial charge in [-0.15, -0.1) is 5.10 Å². The van der Waals surface area contributed by atoms with Crippen molar-refractivity contribution in [2.45, 2.75) is 12.6 Å². The normalized spacial score (nSPS) is 12.2. The van der Waals surface area contributed by atoms with E-state index in [2.05, 4.69) is 25.5 Å². The molecule has 10 nitrogen and oxygen atoms in total. The van der Waals surface area contributed by atoms with Crippen molar-refractivity contribution >= 4 is 28.5 Å². The van der Waals surface area contributed by atoms with Gasteiger partial charge < -0.3 is 15.5 Å². The number of furan rings is 1. The van der Waals surface area contributed by atoms with Crippen molar-refractivity contribution in [2.24, 2.45) is 0 Å². The smallest absolute Gasteiger partial charge is 0.249 e. The van der Waals surface area contributed by atoms with Crippen LogP contribution in [0, 0.1) is 5.82 Å². The number of nitrogens with two attached hydrogens (primary N) is 1. The second-order valence-electron chi connectivity index (χ2n) is 8.07. The number of nitrogen functional groups attached to an aromatic ring is 1. The number of benzene rings is 2. The van der Waals surface area contributed by atoms with Gasteiger partial charge in [-0.3, -0.25) is 4.79 Å². The SMILES string of the molecule is Nc1nc2c(cnn2C(C(=O)NCc2ccccc2F)c2ccccc2)c2nc(-c3ccco3)nn12. The van der Waals surface area contributed by atoms with Crippen molar-refractivity contribution in [3.05, 3.63) is 96.1 Å². The van der Waals surface area contributed by atoms with E-state index in [0.717, 1.165) is 0 Å². The number of nitrogens with zero attached hydrogens (tertiary/aromatic N) is 6. The number of carbonyl (C=O) groups excluding carboxylic acids is 1. The third-order valence-corrected chi connectivity index (χ3v) is 5.82. The van der Waals surface area contributed by atoms with Gasteiger partial charge >= 0.3 is 0 Å². The fourth-order valence-electron chi connectivity index (χ4n) is 4.09. The number of rotatable bonds is 6. The highest BCUT2D eigenvalue weighted by atomic mass is 19.1. The van der Waals surface area contributed by atoms with Gasteiger partial charge in [-0.05, 0) is 23.8 Å². The van der Waals surface area contributed by atoms with Crippen molar-refractivity contribution in [1.29, 1.82) is 0 Å². The van der Waals surface area contributed by atoms with E-state index in [4.69, 9.17) is 10.2 Å². The van der Waals surface area contributed by atoms with Gasteiger partial charge in [-0.2, -0.15) is 14.6 Å². The third kappa shape index (κ3) is 3.63. The van der Waals surface area contributed by atoms with Crippen LogP contribution in [0.4, 0.5) is 10.3 Å². The van der Waals surface area contributed by atoms with Gasteiger partial charge in [-0.1, -0.05) is 48.5 Å². The molecule has 0 aliphatic heterocycles. The molecule has 1 atom stereocenters. The minimum atomic E-state index is -0.891. The number of aromatic nitrogens is 6. The van der Waals surface area contributed by atoms with E-state index in [9.17, 15) is 9.18 Å². The second-order valence-corrected chi connectivity index (χ2v) is 8.07. The number of halogens is 1. The molecule has 0 radical (unpaired) electrons. The molecule has 1 amide bonds. The number of fused-ring (bicyclic) bond motifs is 3. The molecule has 0 aliphatic carbocycles. The first-order chi connectivity index (χ1) is 17.6. The molecule has 4 heterocycles. The summed E-state index contributed by atoms with van der Waals surface area (Å²) < 4.78 is 22.4. The lowest BCUT2D eigenvalue weighted by Gasteiger charge is -2.19.